The molecule has 0 saturated carbocycles. The standard InChI is InChI=1S/C18H15NO2/c1-18(2)8-7-11-9-13-15(10-16(11)21-18)19-14-6-4-3-5-12(14)17(13)20/h3-10H,1-2H3,(H,19,20). The molecule has 1 aromatic heterocycles. The predicted octanol–water partition coefficient (Wildman–Crippen LogP) is 3.87. The van der Waals surface area contributed by atoms with Gasteiger partial charge in [-0.2, -0.15) is 0 Å². The number of rotatable bonds is 0. The zero-order chi connectivity index (χ0) is 14.6. The van der Waals surface area contributed by atoms with Crippen molar-refractivity contribution in [3.63, 3.8) is 0 Å². The molecule has 21 heavy (non-hydrogen) atoms. The van der Waals surface area contributed by atoms with Crippen molar-refractivity contribution in [3.05, 3.63) is 58.3 Å². The van der Waals surface area contributed by atoms with Gasteiger partial charge in [-0.3, -0.25) is 4.79 Å². The molecule has 0 amide bonds. The maximum absolute atomic E-state index is 12.6. The molecular formula is C18H15NO2. The number of nitrogens with one attached hydrogen (secondary N) is 1. The Morgan fingerprint density at radius 3 is 2.71 bits per heavy atom. The summed E-state index contributed by atoms with van der Waals surface area (Å²) in [5.41, 5.74) is 2.34. The minimum absolute atomic E-state index is 0.0559. The summed E-state index contributed by atoms with van der Waals surface area (Å²) in [6.45, 7) is 4.03. The summed E-state index contributed by atoms with van der Waals surface area (Å²) >= 11 is 0. The third-order valence-corrected chi connectivity index (χ3v) is 3.87. The Kier molecular flexibility index (Phi) is 2.31. The van der Waals surface area contributed by atoms with Crippen LogP contribution in [-0.4, -0.2) is 10.6 Å². The first kappa shape index (κ1) is 12.2. The van der Waals surface area contributed by atoms with Gasteiger partial charge in [0.1, 0.15) is 11.4 Å². The normalized spacial score (nSPS) is 15.9. The zero-order valence-corrected chi connectivity index (χ0v) is 11.9. The van der Waals surface area contributed by atoms with Crippen LogP contribution in [0.2, 0.25) is 0 Å². The fourth-order valence-electron chi connectivity index (χ4n) is 2.79. The first-order chi connectivity index (χ1) is 10.0. The molecular weight excluding hydrogens is 262 g/mol. The molecule has 0 atom stereocenters. The molecule has 0 aliphatic carbocycles. The number of para-hydroxylation sites is 1. The summed E-state index contributed by atoms with van der Waals surface area (Å²) in [6.07, 6.45) is 4.03. The van der Waals surface area contributed by atoms with Crippen molar-refractivity contribution in [1.82, 2.24) is 4.98 Å². The first-order valence-corrected chi connectivity index (χ1v) is 7.01. The van der Waals surface area contributed by atoms with E-state index in [-0.39, 0.29) is 11.0 Å². The van der Waals surface area contributed by atoms with Gasteiger partial charge in [-0.25, -0.2) is 0 Å². The van der Waals surface area contributed by atoms with Crippen LogP contribution >= 0.6 is 0 Å². The van der Waals surface area contributed by atoms with E-state index in [0.29, 0.717) is 10.8 Å². The highest BCUT2D eigenvalue weighted by Crippen LogP contribution is 2.33. The summed E-state index contributed by atoms with van der Waals surface area (Å²) in [7, 11) is 0. The third kappa shape index (κ3) is 1.85. The molecule has 3 nitrogen and oxygen atoms in total. The molecule has 1 aliphatic heterocycles. The van der Waals surface area contributed by atoms with E-state index >= 15 is 0 Å². The molecule has 104 valence electrons. The zero-order valence-electron chi connectivity index (χ0n) is 11.9. The third-order valence-electron chi connectivity index (χ3n) is 3.87. The van der Waals surface area contributed by atoms with Crippen LogP contribution < -0.4 is 10.2 Å². The average molecular weight is 277 g/mol. The van der Waals surface area contributed by atoms with E-state index < -0.39 is 0 Å². The number of H-pyrrole nitrogens is 1. The van der Waals surface area contributed by atoms with Gasteiger partial charge in [-0.1, -0.05) is 18.2 Å². The van der Waals surface area contributed by atoms with Crippen molar-refractivity contribution >= 4 is 27.9 Å². The molecule has 0 unspecified atom stereocenters. The molecule has 0 fully saturated rings. The van der Waals surface area contributed by atoms with E-state index in [1.165, 1.54) is 0 Å². The van der Waals surface area contributed by atoms with E-state index in [2.05, 4.69) is 4.98 Å². The Bertz CT molecular complexity index is 964. The summed E-state index contributed by atoms with van der Waals surface area (Å²) in [6, 6.07) is 11.4. The van der Waals surface area contributed by atoms with Crippen molar-refractivity contribution < 1.29 is 4.74 Å². The van der Waals surface area contributed by atoms with Crippen LogP contribution in [-0.2, 0) is 0 Å². The van der Waals surface area contributed by atoms with E-state index in [1.54, 1.807) is 0 Å². The maximum atomic E-state index is 12.6. The second-order valence-corrected chi connectivity index (χ2v) is 5.97. The number of aromatic nitrogens is 1. The van der Waals surface area contributed by atoms with E-state index in [9.17, 15) is 4.79 Å². The van der Waals surface area contributed by atoms with Crippen molar-refractivity contribution in [2.24, 2.45) is 0 Å². The van der Waals surface area contributed by atoms with Crippen LogP contribution in [0, 0.1) is 0 Å². The number of hydrogen-bond acceptors (Lipinski definition) is 2. The Morgan fingerprint density at radius 1 is 1.05 bits per heavy atom. The number of pyridine rings is 1. The minimum atomic E-state index is -0.322. The molecule has 2 aromatic carbocycles. The highest BCUT2D eigenvalue weighted by atomic mass is 16.5. The van der Waals surface area contributed by atoms with Crippen LogP contribution in [0.4, 0.5) is 0 Å². The second kappa shape index (κ2) is 3.98. The Labute approximate surface area is 121 Å². The van der Waals surface area contributed by atoms with E-state index in [4.69, 9.17) is 4.74 Å². The fraction of sp³-hybridized carbons (Fsp3) is 0.167. The summed E-state index contributed by atoms with van der Waals surface area (Å²) < 4.78 is 5.97. The number of ether oxygens (including phenoxy) is 1. The largest absolute Gasteiger partial charge is 0.483 e. The Hall–Kier alpha value is -2.55. The van der Waals surface area contributed by atoms with Gasteiger partial charge in [0.15, 0.2) is 5.43 Å². The van der Waals surface area contributed by atoms with Crippen LogP contribution in [0.15, 0.2) is 47.3 Å². The highest BCUT2D eigenvalue weighted by molar-refractivity contribution is 5.94. The Balaban J connectivity index is 2.09. The second-order valence-electron chi connectivity index (χ2n) is 5.97. The molecule has 4 rings (SSSR count). The van der Waals surface area contributed by atoms with E-state index in [1.807, 2.05) is 62.4 Å². The van der Waals surface area contributed by atoms with Crippen molar-refractivity contribution in [2.75, 3.05) is 0 Å². The van der Waals surface area contributed by atoms with Crippen LogP contribution in [0.5, 0.6) is 5.75 Å². The van der Waals surface area contributed by atoms with Crippen molar-refractivity contribution in [3.8, 4) is 5.75 Å². The van der Waals surface area contributed by atoms with Gasteiger partial charge in [0.25, 0.3) is 0 Å². The molecule has 3 aromatic rings. The molecule has 0 radical (unpaired) electrons. The van der Waals surface area contributed by atoms with Gasteiger partial charge in [-0.15, -0.1) is 0 Å². The molecule has 1 N–H and O–H groups in total. The van der Waals surface area contributed by atoms with Crippen LogP contribution in [0.3, 0.4) is 0 Å². The van der Waals surface area contributed by atoms with Gasteiger partial charge < -0.3 is 9.72 Å². The maximum Gasteiger partial charge on any atom is 0.197 e. The predicted molar refractivity (Wildman–Crippen MR) is 85.8 cm³/mol. The number of fused-ring (bicyclic) bond motifs is 3. The molecule has 3 heteroatoms. The average Bonchev–Trinajstić information content (AvgIpc) is 2.45. The van der Waals surface area contributed by atoms with E-state index in [0.717, 1.165) is 22.3 Å². The van der Waals surface area contributed by atoms with Gasteiger partial charge in [-0.05, 0) is 38.1 Å². The molecule has 0 bridgehead atoms. The van der Waals surface area contributed by atoms with Crippen LogP contribution in [0.25, 0.3) is 27.9 Å². The summed E-state index contributed by atoms with van der Waals surface area (Å²) in [5, 5.41) is 1.41. The number of benzene rings is 2. The number of hydrogen-bond donors (Lipinski definition) is 1. The summed E-state index contributed by atoms with van der Waals surface area (Å²) in [5.74, 6) is 0.806. The van der Waals surface area contributed by atoms with Crippen molar-refractivity contribution in [1.29, 1.82) is 0 Å². The monoisotopic (exact) mass is 277 g/mol. The lowest BCUT2D eigenvalue weighted by atomic mass is 10.00. The lowest BCUT2D eigenvalue weighted by molar-refractivity contribution is 0.159. The summed E-state index contributed by atoms with van der Waals surface area (Å²) in [4.78, 5) is 15.9. The molecule has 2 heterocycles. The molecule has 0 saturated heterocycles. The van der Waals surface area contributed by atoms with Gasteiger partial charge >= 0.3 is 0 Å². The topological polar surface area (TPSA) is 42.1 Å². The molecule has 1 aliphatic rings. The lowest BCUT2D eigenvalue weighted by Gasteiger charge is -2.28. The SMILES string of the molecule is CC1(C)C=Cc2cc3c(=O)c4ccccc4[nH]c3cc2O1. The fourth-order valence-corrected chi connectivity index (χ4v) is 2.79. The smallest absolute Gasteiger partial charge is 0.197 e. The van der Waals surface area contributed by atoms with Gasteiger partial charge in [0.05, 0.1) is 5.52 Å². The Morgan fingerprint density at radius 2 is 1.86 bits per heavy atom. The molecule has 0 spiro atoms. The minimum Gasteiger partial charge on any atom is -0.483 e. The van der Waals surface area contributed by atoms with Gasteiger partial charge in [0.2, 0.25) is 0 Å². The highest BCUT2D eigenvalue weighted by Gasteiger charge is 2.22. The quantitative estimate of drug-likeness (QED) is 0.634. The number of aromatic amines is 1. The van der Waals surface area contributed by atoms with Crippen molar-refractivity contribution in [2.45, 2.75) is 19.4 Å². The first-order valence-electron chi connectivity index (χ1n) is 7.01. The van der Waals surface area contributed by atoms with Gasteiger partial charge in [0, 0.05) is 27.9 Å². The van der Waals surface area contributed by atoms with Crippen LogP contribution in [0.1, 0.15) is 19.4 Å². The lowest BCUT2D eigenvalue weighted by Crippen LogP contribution is -2.27.